The number of nitrogens with one attached hydrogen (secondary N) is 1. The Labute approximate surface area is 240 Å². The van der Waals surface area contributed by atoms with E-state index >= 15 is 0 Å². The number of esters is 1. The number of dihydropyridines is 1. The Balaban J connectivity index is 1.78. The number of hydrogen-bond acceptors (Lipinski definition) is 7. The molecule has 1 aliphatic heterocycles. The minimum absolute atomic E-state index is 0.00965. The molecule has 2 atom stereocenters. The maximum absolute atomic E-state index is 13.8. The van der Waals surface area contributed by atoms with Gasteiger partial charge in [0.1, 0.15) is 6.61 Å². The van der Waals surface area contributed by atoms with Crippen LogP contribution in [-0.2, 0) is 14.3 Å². The van der Waals surface area contributed by atoms with Crippen molar-refractivity contribution in [1.82, 2.24) is 5.32 Å². The van der Waals surface area contributed by atoms with Crippen LogP contribution < -0.4 is 10.1 Å². The topological polar surface area (TPSA) is 84.9 Å². The second kappa shape index (κ2) is 12.6. The van der Waals surface area contributed by atoms with Crippen molar-refractivity contribution in [3.63, 3.8) is 0 Å². The largest absolute Gasteiger partial charge is 0.503 e. The van der Waals surface area contributed by atoms with Gasteiger partial charge in [-0.3, -0.25) is 4.79 Å². The van der Waals surface area contributed by atoms with E-state index in [4.69, 9.17) is 21.1 Å². The Morgan fingerprint density at radius 2 is 1.92 bits per heavy atom. The van der Waals surface area contributed by atoms with Gasteiger partial charge in [0.05, 0.1) is 16.7 Å². The van der Waals surface area contributed by atoms with Gasteiger partial charge in [0.15, 0.2) is 17.3 Å². The van der Waals surface area contributed by atoms with Gasteiger partial charge in [0, 0.05) is 40.1 Å². The lowest BCUT2D eigenvalue weighted by atomic mass is 9.71. The quantitative estimate of drug-likeness (QED) is 0.234. The Bertz CT molecular complexity index is 1290. The summed E-state index contributed by atoms with van der Waals surface area (Å²) in [4.78, 5) is 27.3. The second-order valence-electron chi connectivity index (χ2n) is 9.18. The number of thioether (sulfide) groups is 1. The normalized spacial score (nSPS) is 19.2. The molecule has 0 bridgehead atoms. The first-order chi connectivity index (χ1) is 18.2. The van der Waals surface area contributed by atoms with E-state index in [2.05, 4.69) is 28.2 Å². The maximum Gasteiger partial charge on any atom is 0.336 e. The predicted molar refractivity (Wildman–Crippen MR) is 155 cm³/mol. The first-order valence-electron chi connectivity index (χ1n) is 12.6. The number of benzene rings is 2. The molecule has 38 heavy (non-hydrogen) atoms. The van der Waals surface area contributed by atoms with Gasteiger partial charge in [-0.2, -0.15) is 11.8 Å². The summed E-state index contributed by atoms with van der Waals surface area (Å²) in [6, 6.07) is 11.0. The number of carbonyl (C=O) groups excluding carboxylic acids is 2. The molecular weight excluding hydrogens is 590 g/mol. The summed E-state index contributed by atoms with van der Waals surface area (Å²) in [5.74, 6) is 0.717. The van der Waals surface area contributed by atoms with Crippen LogP contribution in [0.2, 0.25) is 5.02 Å². The number of phenols is 1. The molecule has 6 nitrogen and oxygen atoms in total. The summed E-state index contributed by atoms with van der Waals surface area (Å²) in [5, 5.41) is 14.6. The zero-order valence-corrected chi connectivity index (χ0v) is 24.8. The van der Waals surface area contributed by atoms with Crippen LogP contribution in [0.4, 0.5) is 0 Å². The van der Waals surface area contributed by atoms with Crippen molar-refractivity contribution >= 4 is 51.0 Å². The number of ether oxygens (including phenoxy) is 2. The Kier molecular flexibility index (Phi) is 9.50. The van der Waals surface area contributed by atoms with E-state index in [1.54, 1.807) is 23.9 Å². The number of phenolic OH excluding ortho intramolecular Hbond substituents is 1. The van der Waals surface area contributed by atoms with Crippen LogP contribution in [0.3, 0.4) is 0 Å². The Morgan fingerprint density at radius 1 is 1.18 bits per heavy atom. The van der Waals surface area contributed by atoms with Crippen molar-refractivity contribution < 1.29 is 24.2 Å². The van der Waals surface area contributed by atoms with Crippen molar-refractivity contribution in [2.24, 2.45) is 0 Å². The number of aromatic hydroxyl groups is 1. The van der Waals surface area contributed by atoms with Crippen LogP contribution in [0.25, 0.3) is 0 Å². The van der Waals surface area contributed by atoms with Gasteiger partial charge in [-0.05, 0) is 83.3 Å². The van der Waals surface area contributed by atoms with E-state index < -0.39 is 11.9 Å². The molecule has 202 valence electrons. The van der Waals surface area contributed by atoms with Crippen molar-refractivity contribution in [2.45, 2.75) is 45.4 Å². The van der Waals surface area contributed by atoms with E-state index in [-0.39, 0.29) is 29.8 Å². The second-order valence-corrected chi connectivity index (χ2v) is 11.9. The summed E-state index contributed by atoms with van der Waals surface area (Å²) in [7, 11) is 0. The highest BCUT2D eigenvalue weighted by molar-refractivity contribution is 9.10. The average molecular weight is 621 g/mol. The zero-order chi connectivity index (χ0) is 27.4. The summed E-state index contributed by atoms with van der Waals surface area (Å²) in [5.41, 5.74) is 4.09. The number of allylic oxidation sites excluding steroid dienone is 3. The molecule has 0 saturated heterocycles. The van der Waals surface area contributed by atoms with E-state index in [1.165, 1.54) is 0 Å². The van der Waals surface area contributed by atoms with E-state index in [0.717, 1.165) is 17.0 Å². The van der Waals surface area contributed by atoms with Crippen molar-refractivity contribution in [3.8, 4) is 11.5 Å². The van der Waals surface area contributed by atoms with E-state index in [9.17, 15) is 14.7 Å². The summed E-state index contributed by atoms with van der Waals surface area (Å²) < 4.78 is 11.7. The molecular formula is C29H31BrClNO5S. The molecule has 2 N–H and O–H groups in total. The van der Waals surface area contributed by atoms with Gasteiger partial charge in [-0.25, -0.2) is 4.79 Å². The molecule has 0 unspecified atom stereocenters. The lowest BCUT2D eigenvalue weighted by molar-refractivity contribution is -0.138. The standard InChI is InChI=1S/C29H31BrClNO5S/c1-4-36-24-15-19(12-21(30)28(24)34)26-25(29(35)37-10-11-38-5-2)16(3)32-22-13-18(14-23(33)27(22)26)17-6-8-20(31)9-7-17/h6-9,12,15,18,26,32,34H,4-5,10-11,13-14H2,1-3H3/t18-,26-/m1/s1. The Morgan fingerprint density at radius 3 is 2.61 bits per heavy atom. The third-order valence-electron chi connectivity index (χ3n) is 6.74. The number of carbonyl (C=O) groups is 2. The molecule has 1 heterocycles. The number of Topliss-reactive ketones (excluding diaryl/α,β-unsaturated/α-hetero) is 1. The van der Waals surface area contributed by atoms with Gasteiger partial charge in [-0.15, -0.1) is 0 Å². The van der Waals surface area contributed by atoms with Crippen molar-refractivity contribution in [3.05, 3.63) is 79.6 Å². The predicted octanol–water partition coefficient (Wildman–Crippen LogP) is 6.86. The van der Waals surface area contributed by atoms with Crippen LogP contribution >= 0.6 is 39.3 Å². The third-order valence-corrected chi connectivity index (χ3v) is 8.46. The molecule has 1 aliphatic carbocycles. The molecule has 4 rings (SSSR count). The Hall–Kier alpha value is -2.42. The van der Waals surface area contributed by atoms with Crippen LogP contribution in [0.1, 0.15) is 56.6 Å². The van der Waals surface area contributed by atoms with Gasteiger partial charge in [0.25, 0.3) is 0 Å². The number of ketones is 1. The van der Waals surface area contributed by atoms with Gasteiger partial charge in [0.2, 0.25) is 0 Å². The van der Waals surface area contributed by atoms with Crippen molar-refractivity contribution in [2.75, 3.05) is 24.7 Å². The molecule has 2 aliphatic rings. The zero-order valence-electron chi connectivity index (χ0n) is 21.6. The molecule has 9 heteroatoms. The van der Waals surface area contributed by atoms with Crippen molar-refractivity contribution in [1.29, 1.82) is 0 Å². The number of halogens is 2. The van der Waals surface area contributed by atoms with Gasteiger partial charge >= 0.3 is 5.97 Å². The summed E-state index contributed by atoms with van der Waals surface area (Å²) in [6.07, 6.45) is 0.925. The first-order valence-corrected chi connectivity index (χ1v) is 15.0. The third kappa shape index (κ3) is 6.08. The molecule has 0 fully saturated rings. The molecule has 0 saturated carbocycles. The first kappa shape index (κ1) is 28.6. The fourth-order valence-corrected chi connectivity index (χ4v) is 6.13. The highest BCUT2D eigenvalue weighted by Crippen LogP contribution is 2.48. The van der Waals surface area contributed by atoms with Crippen LogP contribution in [0, 0.1) is 0 Å². The van der Waals surface area contributed by atoms with Gasteiger partial charge < -0.3 is 19.9 Å². The fraction of sp³-hybridized carbons (Fsp3) is 0.379. The van der Waals surface area contributed by atoms with Crippen LogP contribution in [0.5, 0.6) is 11.5 Å². The maximum atomic E-state index is 13.8. The lowest BCUT2D eigenvalue weighted by Crippen LogP contribution is -2.36. The lowest BCUT2D eigenvalue weighted by Gasteiger charge is -2.37. The van der Waals surface area contributed by atoms with Crippen LogP contribution in [-0.4, -0.2) is 41.6 Å². The van der Waals surface area contributed by atoms with Crippen LogP contribution in [0.15, 0.2) is 63.4 Å². The minimum atomic E-state index is -0.660. The molecule has 0 radical (unpaired) electrons. The minimum Gasteiger partial charge on any atom is -0.503 e. The summed E-state index contributed by atoms with van der Waals surface area (Å²) >= 11 is 11.2. The summed E-state index contributed by atoms with van der Waals surface area (Å²) in [6.45, 7) is 6.35. The molecule has 2 aromatic rings. The highest BCUT2D eigenvalue weighted by atomic mass is 79.9. The average Bonchev–Trinajstić information content (AvgIpc) is 2.88. The number of rotatable bonds is 9. The molecule has 0 amide bonds. The number of hydrogen-bond donors (Lipinski definition) is 2. The molecule has 0 aromatic heterocycles. The van der Waals surface area contributed by atoms with E-state index in [1.807, 2.05) is 38.1 Å². The molecule has 2 aromatic carbocycles. The molecule has 0 spiro atoms. The van der Waals surface area contributed by atoms with Gasteiger partial charge in [-0.1, -0.05) is 30.7 Å². The smallest absolute Gasteiger partial charge is 0.336 e. The monoisotopic (exact) mass is 619 g/mol. The van der Waals surface area contributed by atoms with E-state index in [0.29, 0.717) is 57.1 Å². The SMILES string of the molecule is CCOc1cc([C@@H]2C(C(=O)OCCSCC)=C(C)NC3=C2C(=O)C[C@H](c2ccc(Cl)cc2)C3)cc(Br)c1O. The highest BCUT2D eigenvalue weighted by Gasteiger charge is 2.42. The fourth-order valence-electron chi connectivity index (χ4n) is 5.05.